The molecule has 0 radical (unpaired) electrons. The fourth-order valence-corrected chi connectivity index (χ4v) is 2.60. The summed E-state index contributed by atoms with van der Waals surface area (Å²) in [6, 6.07) is 4.03. The molecular weight excluding hydrogens is 246 g/mol. The Morgan fingerprint density at radius 3 is 2.72 bits per heavy atom. The quantitative estimate of drug-likeness (QED) is 0.764. The van der Waals surface area contributed by atoms with Gasteiger partial charge < -0.3 is 5.73 Å². The van der Waals surface area contributed by atoms with Crippen LogP contribution < -0.4 is 5.73 Å². The minimum absolute atomic E-state index is 0.649. The van der Waals surface area contributed by atoms with E-state index in [4.69, 9.17) is 5.73 Å². The number of aryl methyl sites for hydroxylation is 1. The molecule has 18 heavy (non-hydrogen) atoms. The molecule has 0 aliphatic rings. The molecule has 0 saturated heterocycles. The predicted octanol–water partition coefficient (Wildman–Crippen LogP) is 2.19. The van der Waals surface area contributed by atoms with E-state index in [9.17, 15) is 0 Å². The van der Waals surface area contributed by atoms with Crippen LogP contribution in [-0.2, 0) is 7.05 Å². The van der Waals surface area contributed by atoms with E-state index in [0.717, 1.165) is 21.7 Å². The van der Waals surface area contributed by atoms with Gasteiger partial charge in [-0.15, -0.1) is 11.3 Å². The van der Waals surface area contributed by atoms with Crippen LogP contribution >= 0.6 is 11.3 Å². The van der Waals surface area contributed by atoms with Gasteiger partial charge in [0, 0.05) is 29.9 Å². The summed E-state index contributed by atoms with van der Waals surface area (Å²) in [4.78, 5) is 9.15. The fraction of sp³-hybridized carbons (Fsp3) is 0.0833. The zero-order chi connectivity index (χ0) is 12.5. The molecule has 0 aliphatic heterocycles. The Morgan fingerprint density at radius 1 is 1.28 bits per heavy atom. The van der Waals surface area contributed by atoms with Gasteiger partial charge in [0.15, 0.2) is 0 Å². The third kappa shape index (κ3) is 1.67. The van der Waals surface area contributed by atoms with Gasteiger partial charge >= 0.3 is 0 Å². The van der Waals surface area contributed by atoms with Crippen molar-refractivity contribution in [3.63, 3.8) is 0 Å². The van der Waals surface area contributed by atoms with E-state index in [2.05, 4.69) is 15.1 Å². The second-order valence-corrected chi connectivity index (χ2v) is 4.78. The van der Waals surface area contributed by atoms with E-state index in [1.54, 1.807) is 28.4 Å². The van der Waals surface area contributed by atoms with E-state index in [1.807, 2.05) is 24.6 Å². The predicted molar refractivity (Wildman–Crippen MR) is 72.0 cm³/mol. The standard InChI is InChI=1S/C12H11N5S/c1-17-12(13)10(9-3-2-4-18-9)11(16-17)8-5-14-7-15-6-8/h2-7H,13H2,1H3. The summed E-state index contributed by atoms with van der Waals surface area (Å²) in [5.74, 6) is 0.649. The third-order valence-corrected chi connectivity index (χ3v) is 3.58. The normalized spacial score (nSPS) is 10.7. The van der Waals surface area contributed by atoms with E-state index < -0.39 is 0 Å². The summed E-state index contributed by atoms with van der Waals surface area (Å²) in [5, 5.41) is 6.48. The smallest absolute Gasteiger partial charge is 0.130 e. The number of aromatic nitrogens is 4. The highest BCUT2D eigenvalue weighted by Crippen LogP contribution is 2.37. The molecule has 0 unspecified atom stereocenters. The zero-order valence-electron chi connectivity index (χ0n) is 9.74. The average Bonchev–Trinajstić information content (AvgIpc) is 3.00. The van der Waals surface area contributed by atoms with Gasteiger partial charge in [0.1, 0.15) is 17.8 Å². The maximum Gasteiger partial charge on any atom is 0.130 e. The summed E-state index contributed by atoms with van der Waals surface area (Å²) >= 11 is 1.64. The number of hydrogen-bond donors (Lipinski definition) is 1. The molecule has 0 fully saturated rings. The van der Waals surface area contributed by atoms with Gasteiger partial charge in [0.25, 0.3) is 0 Å². The summed E-state index contributed by atoms with van der Waals surface area (Å²) in [7, 11) is 1.83. The molecule has 0 aromatic carbocycles. The van der Waals surface area contributed by atoms with Crippen molar-refractivity contribution in [2.75, 3.05) is 5.73 Å². The molecule has 3 rings (SSSR count). The lowest BCUT2D eigenvalue weighted by Crippen LogP contribution is -1.97. The van der Waals surface area contributed by atoms with Gasteiger partial charge in [0.05, 0.1) is 5.56 Å². The van der Waals surface area contributed by atoms with Crippen LogP contribution in [-0.4, -0.2) is 19.7 Å². The largest absolute Gasteiger partial charge is 0.383 e. The van der Waals surface area contributed by atoms with Gasteiger partial charge in [-0.05, 0) is 11.4 Å². The lowest BCUT2D eigenvalue weighted by atomic mass is 10.1. The van der Waals surface area contributed by atoms with Gasteiger partial charge in [-0.3, -0.25) is 4.68 Å². The SMILES string of the molecule is Cn1nc(-c2cncnc2)c(-c2cccs2)c1N. The van der Waals surface area contributed by atoms with E-state index in [0.29, 0.717) is 5.82 Å². The Morgan fingerprint density at radius 2 is 2.06 bits per heavy atom. The highest BCUT2D eigenvalue weighted by Gasteiger charge is 2.18. The molecule has 3 aromatic heterocycles. The summed E-state index contributed by atoms with van der Waals surface area (Å²) in [5.41, 5.74) is 8.73. The molecule has 2 N–H and O–H groups in total. The van der Waals surface area contributed by atoms with Gasteiger partial charge in [-0.1, -0.05) is 6.07 Å². The van der Waals surface area contributed by atoms with Crippen molar-refractivity contribution in [2.45, 2.75) is 0 Å². The monoisotopic (exact) mass is 257 g/mol. The second-order valence-electron chi connectivity index (χ2n) is 3.84. The maximum absolute atomic E-state index is 6.10. The summed E-state index contributed by atoms with van der Waals surface area (Å²) in [6.45, 7) is 0. The molecular formula is C12H11N5S. The summed E-state index contributed by atoms with van der Waals surface area (Å²) < 4.78 is 1.68. The van der Waals surface area contributed by atoms with Crippen LogP contribution in [0.4, 0.5) is 5.82 Å². The van der Waals surface area contributed by atoms with Crippen molar-refractivity contribution >= 4 is 17.2 Å². The molecule has 0 atom stereocenters. The Kier molecular flexibility index (Phi) is 2.56. The average molecular weight is 257 g/mol. The van der Waals surface area contributed by atoms with Crippen molar-refractivity contribution in [3.8, 4) is 21.7 Å². The Bertz CT molecular complexity index is 657. The minimum Gasteiger partial charge on any atom is -0.383 e. The number of nitrogens with two attached hydrogens (primary N) is 1. The van der Waals surface area contributed by atoms with E-state index >= 15 is 0 Å². The molecule has 0 saturated carbocycles. The van der Waals surface area contributed by atoms with Crippen molar-refractivity contribution in [2.24, 2.45) is 7.05 Å². The number of nitrogen functional groups attached to an aromatic ring is 1. The van der Waals surface area contributed by atoms with Gasteiger partial charge in [-0.2, -0.15) is 5.10 Å². The Hall–Kier alpha value is -2.21. The molecule has 3 heterocycles. The van der Waals surface area contributed by atoms with Crippen LogP contribution in [0.25, 0.3) is 21.7 Å². The van der Waals surface area contributed by atoms with Crippen molar-refractivity contribution in [3.05, 3.63) is 36.2 Å². The Balaban J connectivity index is 2.25. The highest BCUT2D eigenvalue weighted by atomic mass is 32.1. The molecule has 0 amide bonds. The molecule has 3 aromatic rings. The number of thiophene rings is 1. The molecule has 90 valence electrons. The highest BCUT2D eigenvalue weighted by molar-refractivity contribution is 7.13. The molecule has 5 nitrogen and oxygen atoms in total. The third-order valence-electron chi connectivity index (χ3n) is 2.69. The number of hydrogen-bond acceptors (Lipinski definition) is 5. The van der Waals surface area contributed by atoms with Crippen LogP contribution in [0.3, 0.4) is 0 Å². The first-order chi connectivity index (χ1) is 8.77. The van der Waals surface area contributed by atoms with Crippen molar-refractivity contribution < 1.29 is 0 Å². The van der Waals surface area contributed by atoms with Crippen LogP contribution in [0.2, 0.25) is 0 Å². The maximum atomic E-state index is 6.10. The Labute approximate surface area is 108 Å². The minimum atomic E-state index is 0.649. The van der Waals surface area contributed by atoms with Crippen LogP contribution in [0, 0.1) is 0 Å². The number of rotatable bonds is 2. The topological polar surface area (TPSA) is 69.6 Å². The first-order valence-electron chi connectivity index (χ1n) is 5.39. The van der Waals surface area contributed by atoms with Gasteiger partial charge in [0.2, 0.25) is 0 Å². The van der Waals surface area contributed by atoms with E-state index in [-0.39, 0.29) is 0 Å². The first-order valence-corrected chi connectivity index (χ1v) is 6.27. The number of anilines is 1. The summed E-state index contributed by atoms with van der Waals surface area (Å²) in [6.07, 6.45) is 4.98. The molecule has 6 heteroatoms. The van der Waals surface area contributed by atoms with Crippen molar-refractivity contribution in [1.29, 1.82) is 0 Å². The van der Waals surface area contributed by atoms with Crippen LogP contribution in [0.15, 0.2) is 36.2 Å². The lowest BCUT2D eigenvalue weighted by molar-refractivity contribution is 0.782. The van der Waals surface area contributed by atoms with Crippen LogP contribution in [0.1, 0.15) is 0 Å². The molecule has 0 spiro atoms. The molecule has 0 bridgehead atoms. The lowest BCUT2D eigenvalue weighted by Gasteiger charge is -2.00. The zero-order valence-corrected chi connectivity index (χ0v) is 10.6. The second kappa shape index (κ2) is 4.23. The number of nitrogens with zero attached hydrogens (tertiary/aromatic N) is 4. The van der Waals surface area contributed by atoms with Crippen molar-refractivity contribution in [1.82, 2.24) is 19.7 Å². The van der Waals surface area contributed by atoms with Crippen LogP contribution in [0.5, 0.6) is 0 Å². The van der Waals surface area contributed by atoms with E-state index in [1.165, 1.54) is 6.33 Å². The fourth-order valence-electron chi connectivity index (χ4n) is 1.82. The van der Waals surface area contributed by atoms with Gasteiger partial charge in [-0.25, -0.2) is 9.97 Å². The molecule has 0 aliphatic carbocycles. The first kappa shape index (κ1) is 10.9.